The highest BCUT2D eigenvalue weighted by Gasteiger charge is 2.22. The van der Waals surface area contributed by atoms with Crippen LogP contribution in [0.1, 0.15) is 61.5 Å². The van der Waals surface area contributed by atoms with Crippen molar-refractivity contribution < 1.29 is 5.11 Å². The zero-order valence-electron chi connectivity index (χ0n) is 17.5. The second kappa shape index (κ2) is 9.49. The molecular formula is C22H30N6O2. The summed E-state index contributed by atoms with van der Waals surface area (Å²) in [6.45, 7) is 3.82. The fourth-order valence-electron chi connectivity index (χ4n) is 4.35. The molecule has 0 bridgehead atoms. The Bertz CT molecular complexity index is 1040. The van der Waals surface area contributed by atoms with E-state index in [1.807, 2.05) is 35.9 Å². The number of aliphatic hydroxyl groups excluding tert-OH is 1. The van der Waals surface area contributed by atoms with Gasteiger partial charge in [0.05, 0.1) is 12.6 Å². The van der Waals surface area contributed by atoms with E-state index in [0.29, 0.717) is 37.7 Å². The normalized spacial score (nSPS) is 15.3. The highest BCUT2D eigenvalue weighted by atomic mass is 16.3. The average molecular weight is 411 g/mol. The monoisotopic (exact) mass is 410 g/mol. The fourth-order valence-corrected chi connectivity index (χ4v) is 4.35. The van der Waals surface area contributed by atoms with Crippen LogP contribution in [0.2, 0.25) is 0 Å². The van der Waals surface area contributed by atoms with Crippen LogP contribution < -0.4 is 5.56 Å². The van der Waals surface area contributed by atoms with E-state index >= 15 is 0 Å². The van der Waals surface area contributed by atoms with Crippen LogP contribution in [0.25, 0.3) is 10.9 Å². The zero-order valence-corrected chi connectivity index (χ0v) is 17.5. The maximum Gasteiger partial charge on any atom is 0.252 e. The number of aromatic amines is 1. The van der Waals surface area contributed by atoms with E-state index in [9.17, 15) is 9.90 Å². The minimum Gasteiger partial charge on any atom is -0.396 e. The van der Waals surface area contributed by atoms with Crippen LogP contribution in [0.5, 0.6) is 0 Å². The standard InChI is InChI=1S/C22H30N6O2/c1-16-8-9-17-13-18(22(30)23-20(17)12-16)14-27(10-5-11-29)15-21-24-25-26-28(21)19-6-3-2-4-7-19/h8-9,12-13,19,29H,2-7,10-11,14-15H2,1H3,(H,23,30). The number of hydrogen-bond donors (Lipinski definition) is 2. The third-order valence-corrected chi connectivity index (χ3v) is 5.95. The summed E-state index contributed by atoms with van der Waals surface area (Å²) in [5.74, 6) is 0.827. The lowest BCUT2D eigenvalue weighted by Gasteiger charge is -2.25. The molecular weight excluding hydrogens is 380 g/mol. The van der Waals surface area contributed by atoms with Gasteiger partial charge in [-0.3, -0.25) is 9.69 Å². The van der Waals surface area contributed by atoms with E-state index in [1.165, 1.54) is 19.3 Å². The third kappa shape index (κ3) is 4.76. The van der Waals surface area contributed by atoms with Gasteiger partial charge in [0.25, 0.3) is 5.56 Å². The molecule has 160 valence electrons. The molecule has 0 unspecified atom stereocenters. The van der Waals surface area contributed by atoms with Gasteiger partial charge in [-0.15, -0.1) is 5.10 Å². The lowest BCUT2D eigenvalue weighted by molar-refractivity contribution is 0.201. The van der Waals surface area contributed by atoms with Gasteiger partial charge >= 0.3 is 0 Å². The molecule has 1 aliphatic carbocycles. The lowest BCUT2D eigenvalue weighted by atomic mass is 9.95. The van der Waals surface area contributed by atoms with Crippen LogP contribution >= 0.6 is 0 Å². The largest absolute Gasteiger partial charge is 0.396 e. The van der Waals surface area contributed by atoms with Crippen molar-refractivity contribution >= 4 is 10.9 Å². The van der Waals surface area contributed by atoms with Crippen molar-refractivity contribution in [3.63, 3.8) is 0 Å². The Morgan fingerprint density at radius 2 is 2.03 bits per heavy atom. The molecule has 1 fully saturated rings. The number of nitrogens with one attached hydrogen (secondary N) is 1. The summed E-state index contributed by atoms with van der Waals surface area (Å²) < 4.78 is 1.97. The van der Waals surface area contributed by atoms with E-state index in [-0.39, 0.29) is 12.2 Å². The summed E-state index contributed by atoms with van der Waals surface area (Å²) >= 11 is 0. The Morgan fingerprint density at radius 3 is 2.83 bits per heavy atom. The van der Waals surface area contributed by atoms with Crippen LogP contribution in [-0.2, 0) is 13.1 Å². The molecule has 3 aromatic rings. The summed E-state index contributed by atoms with van der Waals surface area (Å²) in [5.41, 5.74) is 2.60. The Morgan fingerprint density at radius 1 is 1.20 bits per heavy atom. The molecule has 0 radical (unpaired) electrons. The Hall–Kier alpha value is -2.58. The molecule has 8 heteroatoms. The highest BCUT2D eigenvalue weighted by Crippen LogP contribution is 2.28. The maximum absolute atomic E-state index is 12.7. The third-order valence-electron chi connectivity index (χ3n) is 5.95. The molecule has 2 heterocycles. The molecule has 1 saturated carbocycles. The summed E-state index contributed by atoms with van der Waals surface area (Å²) in [4.78, 5) is 17.8. The second-order valence-electron chi connectivity index (χ2n) is 8.33. The molecule has 2 N–H and O–H groups in total. The van der Waals surface area contributed by atoms with Crippen LogP contribution in [-0.4, -0.2) is 48.3 Å². The second-order valence-corrected chi connectivity index (χ2v) is 8.33. The number of rotatable bonds is 8. The van der Waals surface area contributed by atoms with Crippen LogP contribution in [0.4, 0.5) is 0 Å². The molecule has 0 amide bonds. The highest BCUT2D eigenvalue weighted by molar-refractivity contribution is 5.79. The van der Waals surface area contributed by atoms with Crippen molar-refractivity contribution in [2.75, 3.05) is 13.2 Å². The molecule has 1 aliphatic rings. The topological polar surface area (TPSA) is 99.9 Å². The summed E-state index contributed by atoms with van der Waals surface area (Å²) in [7, 11) is 0. The Kier molecular flexibility index (Phi) is 6.54. The van der Waals surface area contributed by atoms with Crippen molar-refractivity contribution in [1.29, 1.82) is 0 Å². The SMILES string of the molecule is Cc1ccc2cc(CN(CCCO)Cc3nnnn3C3CCCCC3)c(=O)[nH]c2c1. The number of nitrogens with zero attached hydrogens (tertiary/aromatic N) is 5. The van der Waals surface area contributed by atoms with Gasteiger partial charge in [-0.05, 0) is 59.7 Å². The number of hydrogen-bond acceptors (Lipinski definition) is 6. The fraction of sp³-hybridized carbons (Fsp3) is 0.545. The van der Waals surface area contributed by atoms with Crippen molar-refractivity contribution in [1.82, 2.24) is 30.1 Å². The van der Waals surface area contributed by atoms with E-state index < -0.39 is 0 Å². The van der Waals surface area contributed by atoms with Gasteiger partial charge in [-0.1, -0.05) is 31.4 Å². The molecule has 0 aliphatic heterocycles. The molecule has 0 atom stereocenters. The number of tetrazole rings is 1. The van der Waals surface area contributed by atoms with Gasteiger partial charge in [0, 0.05) is 30.8 Å². The van der Waals surface area contributed by atoms with Crippen molar-refractivity contribution in [2.45, 2.75) is 64.6 Å². The molecule has 4 rings (SSSR count). The minimum atomic E-state index is -0.0750. The van der Waals surface area contributed by atoms with Gasteiger partial charge in [-0.25, -0.2) is 4.68 Å². The number of fused-ring (bicyclic) bond motifs is 1. The summed E-state index contributed by atoms with van der Waals surface area (Å²) in [6.07, 6.45) is 6.56. The van der Waals surface area contributed by atoms with Gasteiger partial charge in [-0.2, -0.15) is 0 Å². The molecule has 2 aromatic heterocycles. The van der Waals surface area contributed by atoms with Gasteiger partial charge in [0.2, 0.25) is 0 Å². The number of benzene rings is 1. The van der Waals surface area contributed by atoms with E-state index in [4.69, 9.17) is 0 Å². The van der Waals surface area contributed by atoms with Gasteiger partial charge in [0.15, 0.2) is 5.82 Å². The summed E-state index contributed by atoms with van der Waals surface area (Å²) in [5, 5.41) is 22.8. The minimum absolute atomic E-state index is 0.0750. The number of aromatic nitrogens is 5. The van der Waals surface area contributed by atoms with E-state index in [2.05, 4.69) is 25.4 Å². The van der Waals surface area contributed by atoms with Crippen LogP contribution in [0.3, 0.4) is 0 Å². The van der Waals surface area contributed by atoms with Crippen molar-refractivity contribution in [2.24, 2.45) is 0 Å². The molecule has 30 heavy (non-hydrogen) atoms. The van der Waals surface area contributed by atoms with Gasteiger partial charge < -0.3 is 10.1 Å². The smallest absolute Gasteiger partial charge is 0.252 e. The first-order chi connectivity index (χ1) is 14.6. The first-order valence-corrected chi connectivity index (χ1v) is 10.9. The van der Waals surface area contributed by atoms with E-state index in [0.717, 1.165) is 35.1 Å². The molecule has 0 saturated heterocycles. The van der Waals surface area contributed by atoms with Crippen LogP contribution in [0.15, 0.2) is 29.1 Å². The number of aliphatic hydroxyl groups is 1. The Labute approximate surface area is 175 Å². The van der Waals surface area contributed by atoms with Crippen molar-refractivity contribution in [3.05, 3.63) is 51.6 Å². The van der Waals surface area contributed by atoms with E-state index in [1.54, 1.807) is 0 Å². The Balaban J connectivity index is 1.56. The molecule has 1 aromatic carbocycles. The van der Waals surface area contributed by atoms with Gasteiger partial charge in [0.1, 0.15) is 0 Å². The predicted molar refractivity (Wildman–Crippen MR) is 115 cm³/mol. The first-order valence-electron chi connectivity index (χ1n) is 10.9. The first kappa shape index (κ1) is 20.7. The maximum atomic E-state index is 12.7. The molecule has 8 nitrogen and oxygen atoms in total. The number of aryl methyl sites for hydroxylation is 1. The number of pyridine rings is 1. The van der Waals surface area contributed by atoms with Crippen LogP contribution in [0, 0.1) is 6.92 Å². The molecule has 0 spiro atoms. The lowest BCUT2D eigenvalue weighted by Crippen LogP contribution is -2.30. The number of H-pyrrole nitrogens is 1. The zero-order chi connectivity index (χ0) is 20.9. The van der Waals surface area contributed by atoms with Crippen molar-refractivity contribution in [3.8, 4) is 0 Å². The average Bonchev–Trinajstić information content (AvgIpc) is 3.21. The quantitative estimate of drug-likeness (QED) is 0.592. The summed E-state index contributed by atoms with van der Waals surface area (Å²) in [6, 6.07) is 8.39. The predicted octanol–water partition coefficient (Wildman–Crippen LogP) is 2.71.